The Morgan fingerprint density at radius 3 is 2.94 bits per heavy atom. The van der Waals surface area contributed by atoms with E-state index in [2.05, 4.69) is 14.9 Å². The zero-order valence-corrected chi connectivity index (χ0v) is 10.2. The van der Waals surface area contributed by atoms with Crippen LogP contribution in [-0.4, -0.2) is 21.6 Å². The smallest absolute Gasteiger partial charge is 0.185 e. The lowest BCUT2D eigenvalue weighted by Crippen LogP contribution is -2.18. The molecule has 0 saturated heterocycles. The van der Waals surface area contributed by atoms with Crippen molar-refractivity contribution in [1.82, 2.24) is 14.5 Å². The van der Waals surface area contributed by atoms with Gasteiger partial charge < -0.3 is 15.2 Å². The van der Waals surface area contributed by atoms with Crippen LogP contribution in [0.15, 0.2) is 17.8 Å². The lowest BCUT2D eigenvalue weighted by atomic mass is 10.5. The van der Waals surface area contributed by atoms with Crippen molar-refractivity contribution >= 4 is 16.5 Å². The van der Waals surface area contributed by atoms with Crippen LogP contribution in [0.1, 0.15) is 11.5 Å². The Bertz CT molecular complexity index is 461. The van der Waals surface area contributed by atoms with Crippen LogP contribution in [0, 0.1) is 0 Å². The van der Waals surface area contributed by atoms with Crippen LogP contribution in [0.2, 0.25) is 0 Å². The number of thiazole rings is 1. The molecule has 0 atom stereocenters. The molecule has 0 aliphatic rings. The van der Waals surface area contributed by atoms with Crippen molar-refractivity contribution in [2.24, 2.45) is 12.8 Å². The molecule has 5 nitrogen and oxygen atoms in total. The number of aryl methyl sites for hydroxylation is 1. The monoisotopic (exact) mass is 237 g/mol. The van der Waals surface area contributed by atoms with Gasteiger partial charge in [-0.3, -0.25) is 0 Å². The number of aromatic nitrogens is 3. The van der Waals surface area contributed by atoms with Gasteiger partial charge in [0.25, 0.3) is 0 Å². The van der Waals surface area contributed by atoms with Gasteiger partial charge in [-0.25, -0.2) is 9.97 Å². The molecular weight excluding hydrogens is 222 g/mol. The summed E-state index contributed by atoms with van der Waals surface area (Å²) < 4.78 is 2.01. The summed E-state index contributed by atoms with van der Waals surface area (Å²) in [6.45, 7) is 1.24. The quantitative estimate of drug-likeness (QED) is 0.861. The van der Waals surface area contributed by atoms with Crippen LogP contribution < -0.4 is 10.6 Å². The number of hydrogen-bond acceptors (Lipinski definition) is 5. The van der Waals surface area contributed by atoms with Gasteiger partial charge in [0.2, 0.25) is 0 Å². The van der Waals surface area contributed by atoms with E-state index < -0.39 is 0 Å². The van der Waals surface area contributed by atoms with Crippen LogP contribution >= 0.6 is 11.3 Å². The fourth-order valence-corrected chi connectivity index (χ4v) is 2.20. The third-order valence-corrected chi connectivity index (χ3v) is 3.38. The number of nitrogens with two attached hydrogens (primary N) is 1. The molecule has 0 saturated carbocycles. The molecule has 2 rings (SSSR count). The van der Waals surface area contributed by atoms with Gasteiger partial charge in [-0.05, 0) is 0 Å². The van der Waals surface area contributed by atoms with Crippen molar-refractivity contribution in [2.45, 2.75) is 13.1 Å². The van der Waals surface area contributed by atoms with Gasteiger partial charge in [-0.2, -0.15) is 0 Å². The summed E-state index contributed by atoms with van der Waals surface area (Å²) in [7, 11) is 4.00. The standard InChI is InChI=1S/C10H15N5S/c1-14-4-3-12-9(14)6-15(2)10-13-8(5-11)7-16-10/h3-4,7H,5-6,11H2,1-2H3. The number of rotatable bonds is 4. The molecule has 0 bridgehead atoms. The summed E-state index contributed by atoms with van der Waals surface area (Å²) in [6, 6.07) is 0. The Morgan fingerprint density at radius 1 is 1.56 bits per heavy atom. The highest BCUT2D eigenvalue weighted by Crippen LogP contribution is 2.20. The first-order chi connectivity index (χ1) is 7.70. The van der Waals surface area contributed by atoms with Crippen molar-refractivity contribution in [3.63, 3.8) is 0 Å². The van der Waals surface area contributed by atoms with E-state index in [1.165, 1.54) is 0 Å². The summed E-state index contributed by atoms with van der Waals surface area (Å²) in [5.41, 5.74) is 6.47. The Balaban J connectivity index is 2.08. The van der Waals surface area contributed by atoms with E-state index in [1.54, 1.807) is 17.5 Å². The number of nitrogens with zero attached hydrogens (tertiary/aromatic N) is 4. The van der Waals surface area contributed by atoms with Crippen molar-refractivity contribution < 1.29 is 0 Å². The first-order valence-corrected chi connectivity index (χ1v) is 5.90. The zero-order chi connectivity index (χ0) is 11.5. The first-order valence-electron chi connectivity index (χ1n) is 5.02. The van der Waals surface area contributed by atoms with Gasteiger partial charge in [0.15, 0.2) is 5.13 Å². The van der Waals surface area contributed by atoms with E-state index in [0.29, 0.717) is 6.54 Å². The molecular formula is C10H15N5S. The molecule has 0 spiro atoms. The van der Waals surface area contributed by atoms with Gasteiger partial charge in [0.1, 0.15) is 5.82 Å². The van der Waals surface area contributed by atoms with Crippen LogP contribution in [0.25, 0.3) is 0 Å². The van der Waals surface area contributed by atoms with E-state index in [9.17, 15) is 0 Å². The molecule has 0 aliphatic carbocycles. The van der Waals surface area contributed by atoms with Crippen molar-refractivity contribution in [2.75, 3.05) is 11.9 Å². The molecule has 2 heterocycles. The van der Waals surface area contributed by atoms with Gasteiger partial charge in [-0.1, -0.05) is 0 Å². The van der Waals surface area contributed by atoms with Gasteiger partial charge in [0, 0.05) is 38.4 Å². The fourth-order valence-electron chi connectivity index (χ4n) is 1.39. The maximum atomic E-state index is 5.53. The molecule has 2 N–H and O–H groups in total. The third kappa shape index (κ3) is 2.23. The molecule has 0 radical (unpaired) electrons. The Morgan fingerprint density at radius 2 is 2.38 bits per heavy atom. The SMILES string of the molecule is CN(Cc1nccn1C)c1nc(CN)cs1. The second-order valence-electron chi connectivity index (χ2n) is 3.64. The first kappa shape index (κ1) is 11.1. The highest BCUT2D eigenvalue weighted by Gasteiger charge is 2.09. The molecule has 2 aromatic rings. The summed E-state index contributed by atoms with van der Waals surface area (Å²) in [4.78, 5) is 10.8. The Hall–Kier alpha value is -1.40. The summed E-state index contributed by atoms with van der Waals surface area (Å²) in [5.74, 6) is 1.02. The zero-order valence-electron chi connectivity index (χ0n) is 9.42. The molecule has 0 aromatic carbocycles. The second kappa shape index (κ2) is 4.63. The van der Waals surface area contributed by atoms with Crippen LogP contribution in [0.3, 0.4) is 0 Å². The summed E-state index contributed by atoms with van der Waals surface area (Å²) in [6.07, 6.45) is 3.74. The minimum atomic E-state index is 0.493. The molecule has 0 fully saturated rings. The van der Waals surface area contributed by atoms with Crippen molar-refractivity contribution in [1.29, 1.82) is 0 Å². The number of anilines is 1. The van der Waals surface area contributed by atoms with E-state index in [4.69, 9.17) is 5.73 Å². The molecule has 6 heteroatoms. The van der Waals surface area contributed by atoms with E-state index in [1.807, 2.05) is 30.2 Å². The van der Waals surface area contributed by atoms with Crippen LogP contribution in [0.4, 0.5) is 5.13 Å². The molecule has 16 heavy (non-hydrogen) atoms. The highest BCUT2D eigenvalue weighted by atomic mass is 32.1. The van der Waals surface area contributed by atoms with Gasteiger partial charge in [0.05, 0.1) is 12.2 Å². The minimum Gasteiger partial charge on any atom is -0.344 e. The second-order valence-corrected chi connectivity index (χ2v) is 4.47. The van der Waals surface area contributed by atoms with E-state index in [0.717, 1.165) is 23.2 Å². The van der Waals surface area contributed by atoms with Crippen LogP contribution in [0.5, 0.6) is 0 Å². The van der Waals surface area contributed by atoms with Gasteiger partial charge in [-0.15, -0.1) is 11.3 Å². The molecule has 0 amide bonds. The lowest BCUT2D eigenvalue weighted by Gasteiger charge is -2.14. The van der Waals surface area contributed by atoms with E-state index in [-0.39, 0.29) is 0 Å². The largest absolute Gasteiger partial charge is 0.344 e. The maximum Gasteiger partial charge on any atom is 0.185 e. The molecule has 2 aromatic heterocycles. The summed E-state index contributed by atoms with van der Waals surface area (Å²) in [5, 5.41) is 2.97. The van der Waals surface area contributed by atoms with Crippen LogP contribution in [-0.2, 0) is 20.1 Å². The molecule has 0 unspecified atom stereocenters. The average Bonchev–Trinajstić information content (AvgIpc) is 2.88. The summed E-state index contributed by atoms with van der Waals surface area (Å²) >= 11 is 1.61. The van der Waals surface area contributed by atoms with Crippen molar-refractivity contribution in [3.8, 4) is 0 Å². The highest BCUT2D eigenvalue weighted by molar-refractivity contribution is 7.13. The normalized spacial score (nSPS) is 10.7. The Labute approximate surface area is 98.5 Å². The molecule has 86 valence electrons. The Kier molecular flexibility index (Phi) is 3.21. The number of hydrogen-bond donors (Lipinski definition) is 1. The third-order valence-electron chi connectivity index (χ3n) is 2.37. The van der Waals surface area contributed by atoms with E-state index >= 15 is 0 Å². The van der Waals surface area contributed by atoms with Crippen molar-refractivity contribution in [3.05, 3.63) is 29.3 Å². The molecule has 0 aliphatic heterocycles. The predicted molar refractivity (Wildman–Crippen MR) is 65.3 cm³/mol. The topological polar surface area (TPSA) is 60.0 Å². The minimum absolute atomic E-state index is 0.493. The van der Waals surface area contributed by atoms with Gasteiger partial charge >= 0.3 is 0 Å². The maximum absolute atomic E-state index is 5.53. The average molecular weight is 237 g/mol. The predicted octanol–water partition coefficient (Wildman–Crippen LogP) is 0.972. The number of imidazole rings is 1. The fraction of sp³-hybridized carbons (Fsp3) is 0.400. The lowest BCUT2D eigenvalue weighted by molar-refractivity contribution is 0.758.